The number of carbonyl (C=O) groups is 1. The molecule has 0 fully saturated rings. The van der Waals surface area contributed by atoms with Gasteiger partial charge in [-0.05, 0) is 42.0 Å². The molecule has 7 nitrogen and oxygen atoms in total. The molecule has 0 saturated heterocycles. The second-order valence-electron chi connectivity index (χ2n) is 7.07. The average Bonchev–Trinajstić information content (AvgIpc) is 3.41. The van der Waals surface area contributed by atoms with Gasteiger partial charge < -0.3 is 18.6 Å². The summed E-state index contributed by atoms with van der Waals surface area (Å²) in [6.45, 7) is 0.162. The van der Waals surface area contributed by atoms with E-state index in [0.717, 1.165) is 16.7 Å². The number of esters is 1. The Kier molecular flexibility index (Phi) is 6.37. The Balaban J connectivity index is 1.72. The fourth-order valence-electron chi connectivity index (χ4n) is 3.32. The molecule has 2 aromatic carbocycles. The molecule has 164 valence electrons. The Morgan fingerprint density at radius 2 is 1.88 bits per heavy atom. The van der Waals surface area contributed by atoms with Crippen molar-refractivity contribution in [2.24, 2.45) is 0 Å². The zero-order chi connectivity index (χ0) is 23.2. The van der Waals surface area contributed by atoms with Crippen LogP contribution in [0.25, 0.3) is 22.4 Å². The van der Waals surface area contributed by atoms with Crippen LogP contribution in [0.4, 0.5) is 0 Å². The number of nitriles is 1. The largest absolute Gasteiger partial charge is 0.497 e. The normalized spacial score (nSPS) is 10.3. The third-order valence-electron chi connectivity index (χ3n) is 5.05. The van der Waals surface area contributed by atoms with Gasteiger partial charge in [-0.25, -0.2) is 9.78 Å². The molecule has 4 rings (SSSR count). The molecule has 0 unspecified atom stereocenters. The summed E-state index contributed by atoms with van der Waals surface area (Å²) in [6.07, 6.45) is 3.12. The van der Waals surface area contributed by atoms with Crippen LogP contribution < -0.4 is 9.47 Å². The summed E-state index contributed by atoms with van der Waals surface area (Å²) in [5.41, 5.74) is 4.38. The van der Waals surface area contributed by atoms with Crippen LogP contribution in [0.15, 0.2) is 77.6 Å². The van der Waals surface area contributed by atoms with E-state index in [1.807, 2.05) is 30.3 Å². The van der Waals surface area contributed by atoms with E-state index < -0.39 is 5.97 Å². The highest BCUT2D eigenvalue weighted by Gasteiger charge is 2.18. The highest BCUT2D eigenvalue weighted by molar-refractivity contribution is 5.89. The third kappa shape index (κ3) is 4.70. The Morgan fingerprint density at radius 3 is 2.55 bits per heavy atom. The van der Waals surface area contributed by atoms with E-state index in [-0.39, 0.29) is 12.5 Å². The van der Waals surface area contributed by atoms with E-state index in [1.165, 1.54) is 7.11 Å². The number of aromatic nitrogens is 1. The van der Waals surface area contributed by atoms with E-state index >= 15 is 0 Å². The quantitative estimate of drug-likeness (QED) is 0.362. The fraction of sp³-hybridized carbons (Fsp3) is 0.115. The van der Waals surface area contributed by atoms with Gasteiger partial charge >= 0.3 is 5.97 Å². The van der Waals surface area contributed by atoms with Gasteiger partial charge in [-0.2, -0.15) is 5.26 Å². The first kappa shape index (κ1) is 21.7. The smallest absolute Gasteiger partial charge is 0.337 e. The highest BCUT2D eigenvalue weighted by atomic mass is 16.5. The van der Waals surface area contributed by atoms with Crippen LogP contribution in [-0.2, 0) is 11.3 Å². The number of benzene rings is 2. The Bertz CT molecular complexity index is 1310. The van der Waals surface area contributed by atoms with Crippen molar-refractivity contribution in [3.05, 3.63) is 89.9 Å². The lowest BCUT2D eigenvalue weighted by Gasteiger charge is -2.13. The van der Waals surface area contributed by atoms with Gasteiger partial charge in [0.25, 0.3) is 0 Å². The molecule has 7 heteroatoms. The standard InChI is InChI=1S/C26H20N2O5/c1-30-21-5-3-4-19(12-21)24-13-22(20-10-11-32-16-20)23(14-27)25(28-24)33-15-17-6-8-18(9-7-17)26(29)31-2/h3-13,16H,15H2,1-2H3. The van der Waals surface area contributed by atoms with Gasteiger partial charge in [0.15, 0.2) is 0 Å². The number of methoxy groups -OCH3 is 2. The number of carbonyl (C=O) groups excluding carboxylic acids is 1. The molecule has 33 heavy (non-hydrogen) atoms. The second-order valence-corrected chi connectivity index (χ2v) is 7.07. The fourth-order valence-corrected chi connectivity index (χ4v) is 3.32. The zero-order valence-corrected chi connectivity index (χ0v) is 18.1. The number of furan rings is 1. The van der Waals surface area contributed by atoms with Gasteiger partial charge in [0.1, 0.15) is 24.0 Å². The predicted molar refractivity (Wildman–Crippen MR) is 121 cm³/mol. The molecule has 4 aromatic rings. The summed E-state index contributed by atoms with van der Waals surface area (Å²) in [5.74, 6) is 0.481. The number of nitrogens with zero attached hydrogens (tertiary/aromatic N) is 2. The average molecular weight is 440 g/mol. The van der Waals surface area contributed by atoms with Gasteiger partial charge in [0, 0.05) is 16.7 Å². The molecule has 2 heterocycles. The van der Waals surface area contributed by atoms with Gasteiger partial charge in [-0.1, -0.05) is 24.3 Å². The van der Waals surface area contributed by atoms with Crippen molar-refractivity contribution in [2.75, 3.05) is 14.2 Å². The van der Waals surface area contributed by atoms with Crippen molar-refractivity contribution in [1.82, 2.24) is 4.98 Å². The molecule has 0 N–H and O–H groups in total. The minimum absolute atomic E-state index is 0.162. The molecule has 0 saturated carbocycles. The monoisotopic (exact) mass is 440 g/mol. The highest BCUT2D eigenvalue weighted by Crippen LogP contribution is 2.34. The Labute approximate surface area is 190 Å². The Hall–Kier alpha value is -4.57. The van der Waals surface area contributed by atoms with E-state index in [1.54, 1.807) is 50.0 Å². The summed E-state index contributed by atoms with van der Waals surface area (Å²) in [6, 6.07) is 20.2. The van der Waals surface area contributed by atoms with Crippen LogP contribution in [0.2, 0.25) is 0 Å². The summed E-state index contributed by atoms with van der Waals surface area (Å²) in [4.78, 5) is 16.3. The number of pyridine rings is 1. The molecule has 0 aliphatic carbocycles. The molecule has 0 radical (unpaired) electrons. The SMILES string of the molecule is COC(=O)c1ccc(COc2nc(-c3cccc(OC)c3)cc(-c3ccoc3)c2C#N)cc1. The number of hydrogen-bond donors (Lipinski definition) is 0. The van der Waals surface area contributed by atoms with Crippen LogP contribution in [-0.4, -0.2) is 25.2 Å². The summed E-state index contributed by atoms with van der Waals surface area (Å²) < 4.78 is 21.3. The van der Waals surface area contributed by atoms with Gasteiger partial charge in [0.2, 0.25) is 5.88 Å². The van der Waals surface area contributed by atoms with Gasteiger partial charge in [-0.3, -0.25) is 0 Å². The zero-order valence-electron chi connectivity index (χ0n) is 18.1. The van der Waals surface area contributed by atoms with Crippen molar-refractivity contribution in [2.45, 2.75) is 6.61 Å². The molecule has 0 atom stereocenters. The molecular formula is C26H20N2O5. The van der Waals surface area contributed by atoms with E-state index in [2.05, 4.69) is 11.1 Å². The Morgan fingerprint density at radius 1 is 1.06 bits per heavy atom. The molecule has 2 aromatic heterocycles. The second kappa shape index (κ2) is 9.71. The van der Waals surface area contributed by atoms with Crippen LogP contribution in [0.3, 0.4) is 0 Å². The molecular weight excluding hydrogens is 420 g/mol. The summed E-state index contributed by atoms with van der Waals surface area (Å²) >= 11 is 0. The lowest BCUT2D eigenvalue weighted by atomic mass is 10.0. The first-order valence-corrected chi connectivity index (χ1v) is 10.0. The number of ether oxygens (including phenoxy) is 3. The number of hydrogen-bond acceptors (Lipinski definition) is 7. The van der Waals surface area contributed by atoms with E-state index in [0.29, 0.717) is 28.1 Å². The first-order chi connectivity index (χ1) is 16.1. The summed E-state index contributed by atoms with van der Waals surface area (Å²) in [5, 5.41) is 9.89. The molecule has 0 spiro atoms. The molecule has 0 aliphatic heterocycles. The third-order valence-corrected chi connectivity index (χ3v) is 5.05. The molecule has 0 amide bonds. The molecule has 0 aliphatic rings. The molecule has 0 bridgehead atoms. The number of rotatable bonds is 7. The van der Waals surface area contributed by atoms with Crippen LogP contribution in [0.5, 0.6) is 11.6 Å². The van der Waals surface area contributed by atoms with E-state index in [9.17, 15) is 10.1 Å². The lowest BCUT2D eigenvalue weighted by Crippen LogP contribution is -2.04. The van der Waals surface area contributed by atoms with Crippen molar-refractivity contribution in [3.63, 3.8) is 0 Å². The maximum atomic E-state index is 11.6. The van der Waals surface area contributed by atoms with Crippen molar-refractivity contribution < 1.29 is 23.4 Å². The maximum absolute atomic E-state index is 11.6. The van der Waals surface area contributed by atoms with Crippen molar-refractivity contribution in [3.8, 4) is 40.1 Å². The summed E-state index contributed by atoms with van der Waals surface area (Å²) in [7, 11) is 2.93. The van der Waals surface area contributed by atoms with Crippen LogP contribution >= 0.6 is 0 Å². The van der Waals surface area contributed by atoms with Gasteiger partial charge in [-0.15, -0.1) is 0 Å². The maximum Gasteiger partial charge on any atom is 0.337 e. The lowest BCUT2D eigenvalue weighted by molar-refractivity contribution is 0.0600. The van der Waals surface area contributed by atoms with Crippen LogP contribution in [0.1, 0.15) is 21.5 Å². The topological polar surface area (TPSA) is 94.6 Å². The minimum atomic E-state index is -0.411. The van der Waals surface area contributed by atoms with Crippen LogP contribution in [0, 0.1) is 11.3 Å². The predicted octanol–water partition coefficient (Wildman–Crippen LogP) is 5.25. The minimum Gasteiger partial charge on any atom is -0.497 e. The van der Waals surface area contributed by atoms with Gasteiger partial charge in [0.05, 0.1) is 38.0 Å². The first-order valence-electron chi connectivity index (χ1n) is 10.0. The van der Waals surface area contributed by atoms with Crippen molar-refractivity contribution >= 4 is 5.97 Å². The van der Waals surface area contributed by atoms with Crippen molar-refractivity contribution in [1.29, 1.82) is 5.26 Å². The van der Waals surface area contributed by atoms with E-state index in [4.69, 9.17) is 18.6 Å².